The first kappa shape index (κ1) is 17.8. The molecule has 0 radical (unpaired) electrons. The third-order valence-corrected chi connectivity index (χ3v) is 5.75. The average molecular weight is 387 g/mol. The lowest BCUT2D eigenvalue weighted by Gasteiger charge is -2.36. The maximum atomic E-state index is 5.81. The lowest BCUT2D eigenvalue weighted by atomic mass is 10.0. The summed E-state index contributed by atoms with van der Waals surface area (Å²) in [6.07, 6.45) is 14.2. The van der Waals surface area contributed by atoms with Crippen molar-refractivity contribution >= 4 is 33.8 Å². The van der Waals surface area contributed by atoms with Crippen molar-refractivity contribution in [3.05, 3.63) is 60.5 Å². The fraction of sp³-hybridized carbons (Fsp3) is 0.304. The van der Waals surface area contributed by atoms with Crippen molar-refractivity contribution < 1.29 is 0 Å². The average Bonchev–Trinajstić information content (AvgIpc) is 3.13. The van der Waals surface area contributed by atoms with Crippen molar-refractivity contribution in [2.24, 2.45) is 7.05 Å². The van der Waals surface area contributed by atoms with Gasteiger partial charge in [-0.25, -0.2) is 4.98 Å². The largest absolute Gasteiger partial charge is 0.384 e. The van der Waals surface area contributed by atoms with Crippen LogP contribution in [0.2, 0.25) is 0 Å². The number of pyridine rings is 1. The molecule has 3 aromatic rings. The van der Waals surface area contributed by atoms with E-state index in [1.54, 1.807) is 0 Å². The molecule has 148 valence electrons. The van der Waals surface area contributed by atoms with Crippen molar-refractivity contribution in [1.82, 2.24) is 14.8 Å². The summed E-state index contributed by atoms with van der Waals surface area (Å²) in [5.41, 5.74) is 11.6. The summed E-state index contributed by atoms with van der Waals surface area (Å²) >= 11 is 0. The van der Waals surface area contributed by atoms with Crippen molar-refractivity contribution in [1.29, 1.82) is 0 Å². The molecule has 0 amide bonds. The Hall–Kier alpha value is -3.28. The van der Waals surface area contributed by atoms with Gasteiger partial charge in [0.05, 0.1) is 22.6 Å². The highest BCUT2D eigenvalue weighted by atomic mass is 15.3. The molecular weight excluding hydrogens is 360 g/mol. The molecule has 5 rings (SSSR count). The van der Waals surface area contributed by atoms with Crippen LogP contribution in [0.15, 0.2) is 54.9 Å². The second-order valence-corrected chi connectivity index (χ2v) is 7.81. The van der Waals surface area contributed by atoms with Gasteiger partial charge in [0.1, 0.15) is 5.82 Å². The first-order valence-corrected chi connectivity index (χ1v) is 10.3. The van der Waals surface area contributed by atoms with Gasteiger partial charge in [0.25, 0.3) is 0 Å². The van der Waals surface area contributed by atoms with Gasteiger partial charge in [-0.2, -0.15) is 5.10 Å². The number of hydrogen-bond donors (Lipinski definition) is 1. The van der Waals surface area contributed by atoms with Crippen LogP contribution < -0.4 is 15.5 Å². The predicted molar refractivity (Wildman–Crippen MR) is 120 cm³/mol. The molecule has 29 heavy (non-hydrogen) atoms. The standard InChI is InChI=1S/C23H26N6/c1-27-16-18-13-22(21(14-19(18)26-27)28-10-4-2-5-11-28)29-12-6-3-7-20(29)17-8-9-23(24)25-15-17/h3,6-9,13-16H,2,4-5,10-12H2,1H3,(H2,24,25). The number of piperidine rings is 1. The molecule has 2 N–H and O–H groups in total. The Morgan fingerprint density at radius 1 is 1.03 bits per heavy atom. The molecule has 0 unspecified atom stereocenters. The predicted octanol–water partition coefficient (Wildman–Crippen LogP) is 3.96. The Bertz CT molecular complexity index is 1090. The maximum Gasteiger partial charge on any atom is 0.123 e. The normalized spacial score (nSPS) is 17.1. The molecule has 0 bridgehead atoms. The zero-order valence-corrected chi connectivity index (χ0v) is 16.8. The molecule has 0 spiro atoms. The summed E-state index contributed by atoms with van der Waals surface area (Å²) in [4.78, 5) is 9.21. The number of allylic oxidation sites excluding steroid dienone is 2. The topological polar surface area (TPSA) is 63.2 Å². The molecule has 6 heteroatoms. The Balaban J connectivity index is 1.64. The lowest BCUT2D eigenvalue weighted by Crippen LogP contribution is -2.32. The number of nitrogens with two attached hydrogens (primary N) is 1. The van der Waals surface area contributed by atoms with E-state index in [-0.39, 0.29) is 0 Å². The van der Waals surface area contributed by atoms with Crippen LogP contribution in [0.3, 0.4) is 0 Å². The minimum atomic E-state index is 0.540. The Morgan fingerprint density at radius 3 is 2.69 bits per heavy atom. The molecule has 0 atom stereocenters. The van der Waals surface area contributed by atoms with Crippen LogP contribution in [0.5, 0.6) is 0 Å². The summed E-state index contributed by atoms with van der Waals surface area (Å²) in [5.74, 6) is 0.540. The minimum absolute atomic E-state index is 0.540. The number of aryl methyl sites for hydroxylation is 1. The second-order valence-electron chi connectivity index (χ2n) is 7.81. The molecule has 1 fully saturated rings. The van der Waals surface area contributed by atoms with Crippen molar-refractivity contribution in [3.8, 4) is 0 Å². The van der Waals surface area contributed by atoms with E-state index in [0.717, 1.165) is 41.8 Å². The van der Waals surface area contributed by atoms with Crippen LogP contribution >= 0.6 is 0 Å². The Kier molecular flexibility index (Phi) is 4.46. The quantitative estimate of drug-likeness (QED) is 0.738. The number of hydrogen-bond acceptors (Lipinski definition) is 5. The van der Waals surface area contributed by atoms with Crippen LogP contribution in [0.25, 0.3) is 16.6 Å². The molecule has 2 aliphatic heterocycles. The van der Waals surface area contributed by atoms with Gasteiger partial charge in [-0.3, -0.25) is 4.68 Å². The number of anilines is 3. The van der Waals surface area contributed by atoms with Crippen LogP contribution in [0.4, 0.5) is 17.2 Å². The van der Waals surface area contributed by atoms with Crippen molar-refractivity contribution in [3.63, 3.8) is 0 Å². The number of benzene rings is 1. The second kappa shape index (κ2) is 7.28. The van der Waals surface area contributed by atoms with E-state index in [1.807, 2.05) is 30.1 Å². The van der Waals surface area contributed by atoms with Gasteiger partial charge in [0.2, 0.25) is 0 Å². The van der Waals surface area contributed by atoms with E-state index >= 15 is 0 Å². The molecule has 6 nitrogen and oxygen atoms in total. The Labute approximate surface area is 170 Å². The van der Waals surface area contributed by atoms with Gasteiger partial charge in [0.15, 0.2) is 0 Å². The molecular formula is C23H26N6. The zero-order valence-electron chi connectivity index (χ0n) is 16.8. The molecule has 2 aromatic heterocycles. The van der Waals surface area contributed by atoms with Crippen LogP contribution in [-0.4, -0.2) is 34.4 Å². The van der Waals surface area contributed by atoms with Gasteiger partial charge in [-0.05, 0) is 49.6 Å². The summed E-state index contributed by atoms with van der Waals surface area (Å²) in [7, 11) is 1.98. The number of rotatable bonds is 3. The highest BCUT2D eigenvalue weighted by molar-refractivity contribution is 5.95. The highest BCUT2D eigenvalue weighted by Gasteiger charge is 2.23. The van der Waals surface area contributed by atoms with E-state index in [2.05, 4.69) is 56.4 Å². The lowest BCUT2D eigenvalue weighted by molar-refractivity contribution is 0.578. The SMILES string of the molecule is Cn1cc2cc(N3CC=CC=C3c3ccc(N)nc3)c(N3CCCCC3)cc2n1. The van der Waals surface area contributed by atoms with E-state index in [9.17, 15) is 0 Å². The number of fused-ring (bicyclic) bond motifs is 1. The fourth-order valence-electron chi connectivity index (χ4n) is 4.33. The minimum Gasteiger partial charge on any atom is -0.384 e. The van der Waals surface area contributed by atoms with Gasteiger partial charge in [0, 0.05) is 50.0 Å². The van der Waals surface area contributed by atoms with Crippen LogP contribution in [0, 0.1) is 0 Å². The van der Waals surface area contributed by atoms with Gasteiger partial charge in [-0.15, -0.1) is 0 Å². The zero-order chi connectivity index (χ0) is 19.8. The molecule has 1 saturated heterocycles. The van der Waals surface area contributed by atoms with Crippen molar-refractivity contribution in [2.75, 3.05) is 35.2 Å². The van der Waals surface area contributed by atoms with Gasteiger partial charge < -0.3 is 15.5 Å². The first-order chi connectivity index (χ1) is 14.2. The van der Waals surface area contributed by atoms with E-state index in [1.165, 1.54) is 30.6 Å². The molecule has 4 heterocycles. The van der Waals surface area contributed by atoms with E-state index in [4.69, 9.17) is 5.73 Å². The monoisotopic (exact) mass is 386 g/mol. The highest BCUT2D eigenvalue weighted by Crippen LogP contribution is 2.39. The van der Waals surface area contributed by atoms with E-state index in [0.29, 0.717) is 5.82 Å². The fourth-order valence-corrected chi connectivity index (χ4v) is 4.33. The number of nitrogen functional groups attached to an aromatic ring is 1. The number of nitrogens with zero attached hydrogens (tertiary/aromatic N) is 5. The molecule has 1 aromatic carbocycles. The molecule has 0 saturated carbocycles. The smallest absolute Gasteiger partial charge is 0.123 e. The third kappa shape index (κ3) is 3.35. The first-order valence-electron chi connectivity index (χ1n) is 10.3. The third-order valence-electron chi connectivity index (χ3n) is 5.75. The summed E-state index contributed by atoms with van der Waals surface area (Å²) < 4.78 is 1.89. The summed E-state index contributed by atoms with van der Waals surface area (Å²) in [6, 6.07) is 8.45. The van der Waals surface area contributed by atoms with Gasteiger partial charge >= 0.3 is 0 Å². The maximum absolute atomic E-state index is 5.81. The number of aromatic nitrogens is 3. The van der Waals surface area contributed by atoms with Gasteiger partial charge in [-0.1, -0.05) is 12.2 Å². The van der Waals surface area contributed by atoms with Crippen LogP contribution in [0.1, 0.15) is 24.8 Å². The molecule has 0 aliphatic carbocycles. The van der Waals surface area contributed by atoms with Crippen LogP contribution in [-0.2, 0) is 7.05 Å². The Morgan fingerprint density at radius 2 is 1.90 bits per heavy atom. The summed E-state index contributed by atoms with van der Waals surface area (Å²) in [5, 5.41) is 5.82. The van der Waals surface area contributed by atoms with Crippen molar-refractivity contribution in [2.45, 2.75) is 19.3 Å². The summed E-state index contributed by atoms with van der Waals surface area (Å²) in [6.45, 7) is 3.01. The van der Waals surface area contributed by atoms with E-state index < -0.39 is 0 Å². The molecule has 2 aliphatic rings.